The van der Waals surface area contributed by atoms with E-state index in [1.54, 1.807) is 18.2 Å². The number of hydrogen-bond acceptors (Lipinski definition) is 4. The molecule has 0 aromatic heterocycles. The predicted octanol–water partition coefficient (Wildman–Crippen LogP) is 2.21. The maximum absolute atomic E-state index is 13.2. The van der Waals surface area contributed by atoms with Crippen molar-refractivity contribution in [1.29, 1.82) is 0 Å². The van der Waals surface area contributed by atoms with E-state index >= 15 is 0 Å². The normalized spacial score (nSPS) is 29.3. The highest BCUT2D eigenvalue weighted by molar-refractivity contribution is 5.95. The number of primary amides is 1. The van der Waals surface area contributed by atoms with E-state index in [1.807, 2.05) is 0 Å². The first-order valence-corrected chi connectivity index (χ1v) is 9.43. The summed E-state index contributed by atoms with van der Waals surface area (Å²) in [5, 5.41) is 0. The van der Waals surface area contributed by atoms with Crippen LogP contribution in [0.2, 0.25) is 0 Å². The Morgan fingerprint density at radius 1 is 1.08 bits per heavy atom. The molecule has 2 aliphatic carbocycles. The van der Waals surface area contributed by atoms with Gasteiger partial charge in [0.15, 0.2) is 18.1 Å². The average molecular weight is 358 g/mol. The van der Waals surface area contributed by atoms with Gasteiger partial charge in [0.2, 0.25) is 0 Å². The van der Waals surface area contributed by atoms with Crippen LogP contribution in [0.25, 0.3) is 0 Å². The molecule has 4 bridgehead atoms. The van der Waals surface area contributed by atoms with Crippen molar-refractivity contribution in [2.24, 2.45) is 23.5 Å². The van der Waals surface area contributed by atoms with Gasteiger partial charge in [0, 0.05) is 18.2 Å². The van der Waals surface area contributed by atoms with Gasteiger partial charge in [-0.1, -0.05) is 0 Å². The van der Waals surface area contributed by atoms with E-state index < -0.39 is 5.91 Å². The molecule has 5 rings (SSSR count). The number of amides is 2. The van der Waals surface area contributed by atoms with E-state index in [1.165, 1.54) is 26.4 Å². The molecule has 140 valence electrons. The van der Waals surface area contributed by atoms with Gasteiger partial charge >= 0.3 is 0 Å². The van der Waals surface area contributed by atoms with Crippen molar-refractivity contribution in [3.8, 4) is 11.5 Å². The van der Waals surface area contributed by atoms with Crippen molar-refractivity contribution in [2.45, 2.75) is 38.1 Å². The SMILES string of the molecule is COc1cc(C(=O)N2CC3CC4CC(C3)CC2C4)ccc1OCC(N)=O. The van der Waals surface area contributed by atoms with Crippen LogP contribution in [0.1, 0.15) is 42.5 Å². The lowest BCUT2D eigenvalue weighted by atomic mass is 9.68. The van der Waals surface area contributed by atoms with Crippen LogP contribution in [0.15, 0.2) is 18.2 Å². The summed E-state index contributed by atoms with van der Waals surface area (Å²) in [6, 6.07) is 5.50. The second kappa shape index (κ2) is 6.82. The van der Waals surface area contributed by atoms with Crippen LogP contribution < -0.4 is 15.2 Å². The number of carbonyl (C=O) groups is 2. The molecular formula is C20H26N2O4. The first-order valence-electron chi connectivity index (χ1n) is 9.43. The molecular weight excluding hydrogens is 332 g/mol. The molecule has 2 N–H and O–H groups in total. The monoisotopic (exact) mass is 358 g/mol. The second-order valence-corrected chi connectivity index (χ2v) is 8.01. The van der Waals surface area contributed by atoms with Crippen LogP contribution in [0.5, 0.6) is 11.5 Å². The molecule has 6 heteroatoms. The maximum Gasteiger partial charge on any atom is 0.255 e. The summed E-state index contributed by atoms with van der Waals surface area (Å²) in [6.07, 6.45) is 6.21. The minimum absolute atomic E-state index is 0.0722. The highest BCUT2D eigenvalue weighted by atomic mass is 16.5. The number of rotatable bonds is 5. The predicted molar refractivity (Wildman–Crippen MR) is 96.1 cm³/mol. The molecule has 0 spiro atoms. The summed E-state index contributed by atoms with van der Waals surface area (Å²) in [6.45, 7) is 0.654. The highest BCUT2D eigenvalue weighted by Crippen LogP contribution is 2.47. The van der Waals surface area contributed by atoms with Crippen LogP contribution in [-0.2, 0) is 4.79 Å². The summed E-state index contributed by atoms with van der Waals surface area (Å²) >= 11 is 0. The van der Waals surface area contributed by atoms with Crippen LogP contribution in [0.3, 0.4) is 0 Å². The fourth-order valence-corrected chi connectivity index (χ4v) is 5.27. The lowest BCUT2D eigenvalue weighted by molar-refractivity contribution is -0.119. The van der Waals surface area contributed by atoms with E-state index in [0.717, 1.165) is 31.2 Å². The zero-order valence-electron chi connectivity index (χ0n) is 15.1. The summed E-state index contributed by atoms with van der Waals surface area (Å²) in [4.78, 5) is 26.2. The fraction of sp³-hybridized carbons (Fsp3) is 0.600. The molecule has 2 unspecified atom stereocenters. The van der Waals surface area contributed by atoms with Crippen molar-refractivity contribution in [1.82, 2.24) is 4.90 Å². The van der Waals surface area contributed by atoms with Crippen molar-refractivity contribution in [2.75, 3.05) is 20.3 Å². The standard InChI is InChI=1S/C20H26N2O4/c1-25-18-9-15(2-3-17(18)26-11-19(21)23)20(24)22-10-14-5-12-4-13(6-14)8-16(22)7-12/h2-3,9,12-14,16H,4-8,10-11H2,1H3,(H2,21,23). The molecule has 2 saturated heterocycles. The third-order valence-electron chi connectivity index (χ3n) is 6.15. The number of hydrogen-bond donors (Lipinski definition) is 1. The van der Waals surface area contributed by atoms with E-state index in [2.05, 4.69) is 4.90 Å². The Labute approximate surface area is 153 Å². The molecule has 1 aromatic rings. The quantitative estimate of drug-likeness (QED) is 0.875. The Morgan fingerprint density at radius 2 is 1.77 bits per heavy atom. The van der Waals surface area contributed by atoms with Gasteiger partial charge in [0.1, 0.15) is 0 Å². The van der Waals surface area contributed by atoms with Crippen molar-refractivity contribution >= 4 is 11.8 Å². The number of carbonyl (C=O) groups excluding carboxylic acids is 2. The van der Waals surface area contributed by atoms with Gasteiger partial charge in [-0.15, -0.1) is 0 Å². The van der Waals surface area contributed by atoms with E-state index in [-0.39, 0.29) is 12.5 Å². The number of ether oxygens (including phenoxy) is 2. The van der Waals surface area contributed by atoms with Crippen molar-refractivity contribution in [3.05, 3.63) is 23.8 Å². The van der Waals surface area contributed by atoms with Crippen LogP contribution in [0.4, 0.5) is 0 Å². The maximum atomic E-state index is 13.2. The third kappa shape index (κ3) is 3.24. The topological polar surface area (TPSA) is 81.9 Å². The van der Waals surface area contributed by atoms with Crippen LogP contribution >= 0.6 is 0 Å². The Morgan fingerprint density at radius 3 is 2.42 bits per heavy atom. The Bertz CT molecular complexity index is 706. The lowest BCUT2D eigenvalue weighted by Gasteiger charge is -2.39. The zero-order chi connectivity index (χ0) is 18.3. The Kier molecular flexibility index (Phi) is 4.51. The van der Waals surface area contributed by atoms with Crippen LogP contribution in [-0.4, -0.2) is 43.0 Å². The highest BCUT2D eigenvalue weighted by Gasteiger charge is 2.44. The first kappa shape index (κ1) is 17.2. The van der Waals surface area contributed by atoms with E-state index in [0.29, 0.717) is 29.0 Å². The van der Waals surface area contributed by atoms with Gasteiger partial charge in [-0.25, -0.2) is 0 Å². The number of fused-ring (bicyclic) bond motifs is 1. The summed E-state index contributed by atoms with van der Waals surface area (Å²) in [5.41, 5.74) is 5.73. The van der Waals surface area contributed by atoms with Crippen molar-refractivity contribution < 1.29 is 19.1 Å². The Hall–Kier alpha value is -2.24. The molecule has 2 heterocycles. The van der Waals surface area contributed by atoms with Gasteiger partial charge in [0.25, 0.3) is 11.8 Å². The number of nitrogens with zero attached hydrogens (tertiary/aromatic N) is 1. The smallest absolute Gasteiger partial charge is 0.255 e. The van der Waals surface area contributed by atoms with E-state index in [4.69, 9.17) is 15.2 Å². The molecule has 26 heavy (non-hydrogen) atoms. The number of nitrogens with two attached hydrogens (primary N) is 1. The molecule has 2 atom stereocenters. The zero-order valence-corrected chi connectivity index (χ0v) is 15.1. The molecule has 0 radical (unpaired) electrons. The number of methoxy groups -OCH3 is 1. The van der Waals surface area contributed by atoms with Gasteiger partial charge in [-0.2, -0.15) is 0 Å². The molecule has 2 amide bonds. The summed E-state index contributed by atoms with van der Waals surface area (Å²) in [5.74, 6) is 2.63. The molecule has 2 saturated carbocycles. The third-order valence-corrected chi connectivity index (χ3v) is 6.15. The van der Waals surface area contributed by atoms with Gasteiger partial charge < -0.3 is 20.1 Å². The molecule has 1 aromatic carbocycles. The van der Waals surface area contributed by atoms with Crippen LogP contribution in [0, 0.1) is 17.8 Å². The summed E-state index contributed by atoms with van der Waals surface area (Å²) < 4.78 is 10.7. The minimum Gasteiger partial charge on any atom is -0.493 e. The van der Waals surface area contributed by atoms with Gasteiger partial charge in [-0.05, 0) is 68.1 Å². The Balaban J connectivity index is 1.55. The molecule has 4 aliphatic rings. The molecule has 2 aliphatic heterocycles. The van der Waals surface area contributed by atoms with Crippen molar-refractivity contribution in [3.63, 3.8) is 0 Å². The fourth-order valence-electron chi connectivity index (χ4n) is 5.27. The van der Waals surface area contributed by atoms with Gasteiger partial charge in [-0.3, -0.25) is 9.59 Å². The molecule has 6 nitrogen and oxygen atoms in total. The number of benzene rings is 1. The average Bonchev–Trinajstić information content (AvgIpc) is 2.82. The van der Waals surface area contributed by atoms with Gasteiger partial charge in [0.05, 0.1) is 7.11 Å². The minimum atomic E-state index is -0.553. The molecule has 4 fully saturated rings. The van der Waals surface area contributed by atoms with E-state index in [9.17, 15) is 9.59 Å². The first-order chi connectivity index (χ1) is 12.5. The lowest BCUT2D eigenvalue weighted by Crippen LogP contribution is -2.42. The summed E-state index contributed by atoms with van der Waals surface area (Å²) in [7, 11) is 1.52. The largest absolute Gasteiger partial charge is 0.493 e. The second-order valence-electron chi connectivity index (χ2n) is 8.01.